The van der Waals surface area contributed by atoms with Crippen LogP contribution in [0.15, 0.2) is 18.2 Å². The minimum Gasteiger partial charge on any atom is -0.454 e. The number of hydrogen-bond acceptors (Lipinski definition) is 4. The van der Waals surface area contributed by atoms with Crippen molar-refractivity contribution in [3.8, 4) is 17.6 Å². The highest BCUT2D eigenvalue weighted by Crippen LogP contribution is 2.39. The van der Waals surface area contributed by atoms with Gasteiger partial charge in [0.1, 0.15) is 6.04 Å². The van der Waals surface area contributed by atoms with Gasteiger partial charge < -0.3 is 9.47 Å². The van der Waals surface area contributed by atoms with Crippen LogP contribution in [-0.4, -0.2) is 24.3 Å². The van der Waals surface area contributed by atoms with Crippen LogP contribution in [0.4, 0.5) is 0 Å². The molecule has 2 aliphatic heterocycles. The number of benzene rings is 1. The van der Waals surface area contributed by atoms with Crippen LogP contribution in [0, 0.1) is 16.7 Å². The average Bonchev–Trinajstić information content (AvgIpc) is 2.87. The molecule has 1 aromatic carbocycles. The largest absolute Gasteiger partial charge is 0.454 e. The second-order valence-electron chi connectivity index (χ2n) is 6.25. The molecule has 0 spiro atoms. The van der Waals surface area contributed by atoms with Crippen LogP contribution < -0.4 is 9.47 Å². The fraction of sp³-hybridized carbons (Fsp3) is 0.562. The van der Waals surface area contributed by atoms with E-state index in [1.807, 2.05) is 12.1 Å². The molecule has 0 unspecified atom stereocenters. The van der Waals surface area contributed by atoms with Gasteiger partial charge >= 0.3 is 0 Å². The van der Waals surface area contributed by atoms with Crippen LogP contribution in [0.2, 0.25) is 0 Å². The van der Waals surface area contributed by atoms with Crippen LogP contribution in [0.25, 0.3) is 0 Å². The molecule has 0 bridgehead atoms. The predicted octanol–water partition coefficient (Wildman–Crippen LogP) is 2.93. The van der Waals surface area contributed by atoms with Gasteiger partial charge in [-0.2, -0.15) is 5.26 Å². The van der Waals surface area contributed by atoms with Gasteiger partial charge in [-0.25, -0.2) is 0 Å². The molecule has 0 N–H and O–H groups in total. The second kappa shape index (κ2) is 4.99. The molecule has 1 atom stereocenters. The van der Waals surface area contributed by atoms with Gasteiger partial charge in [-0.15, -0.1) is 0 Å². The first-order valence-corrected chi connectivity index (χ1v) is 7.13. The Balaban J connectivity index is 1.84. The quantitative estimate of drug-likeness (QED) is 0.830. The molecule has 0 aliphatic carbocycles. The summed E-state index contributed by atoms with van der Waals surface area (Å²) in [5, 5.41) is 9.52. The van der Waals surface area contributed by atoms with Gasteiger partial charge in [0.25, 0.3) is 0 Å². The van der Waals surface area contributed by atoms with E-state index in [1.54, 1.807) is 0 Å². The van der Waals surface area contributed by atoms with Gasteiger partial charge in [0.15, 0.2) is 11.5 Å². The molecule has 1 saturated heterocycles. The summed E-state index contributed by atoms with van der Waals surface area (Å²) in [5.74, 6) is 1.65. The lowest BCUT2D eigenvalue weighted by Gasteiger charge is -2.42. The van der Waals surface area contributed by atoms with E-state index < -0.39 is 0 Å². The summed E-state index contributed by atoms with van der Waals surface area (Å²) < 4.78 is 11.0. The standard InChI is InChI=1S/C16H20N2O2/c1-16(2)7-4-8-18(14(16)9-17)10-12-5-3-6-13-15(12)20-11-19-13/h3,5-6,14H,4,7-8,10-11H2,1-2H3/t14-/m1/s1. The molecule has 0 aromatic heterocycles. The molecule has 0 amide bonds. The van der Waals surface area contributed by atoms with Gasteiger partial charge in [0, 0.05) is 12.1 Å². The molecule has 0 radical (unpaired) electrons. The molecule has 106 valence electrons. The van der Waals surface area contributed by atoms with E-state index >= 15 is 0 Å². The Labute approximate surface area is 119 Å². The Bertz CT molecular complexity index is 548. The number of ether oxygens (including phenoxy) is 2. The molecule has 2 heterocycles. The van der Waals surface area contributed by atoms with Crippen LogP contribution in [-0.2, 0) is 6.54 Å². The van der Waals surface area contributed by atoms with Gasteiger partial charge in [-0.3, -0.25) is 4.90 Å². The number of rotatable bonds is 2. The molecule has 1 fully saturated rings. The van der Waals surface area contributed by atoms with Gasteiger partial charge in [0.05, 0.1) is 6.07 Å². The van der Waals surface area contributed by atoms with E-state index in [2.05, 4.69) is 30.9 Å². The maximum Gasteiger partial charge on any atom is 0.231 e. The zero-order chi connectivity index (χ0) is 14.2. The zero-order valence-corrected chi connectivity index (χ0v) is 12.1. The summed E-state index contributed by atoms with van der Waals surface area (Å²) in [6.07, 6.45) is 2.24. The maximum absolute atomic E-state index is 9.52. The van der Waals surface area contributed by atoms with Crippen molar-refractivity contribution in [2.24, 2.45) is 5.41 Å². The Hall–Kier alpha value is -1.73. The number of nitrogens with zero attached hydrogens (tertiary/aromatic N) is 2. The fourth-order valence-corrected chi connectivity index (χ4v) is 3.26. The molecule has 2 aliphatic rings. The SMILES string of the molecule is CC1(C)CCCN(Cc2cccc3c2OCO3)[C@@H]1C#N. The summed E-state index contributed by atoms with van der Waals surface area (Å²) in [6.45, 7) is 6.37. The normalized spacial score (nSPS) is 24.4. The Morgan fingerprint density at radius 1 is 1.40 bits per heavy atom. The summed E-state index contributed by atoms with van der Waals surface area (Å²) in [5.41, 5.74) is 1.15. The molecule has 3 rings (SSSR count). The number of para-hydroxylation sites is 1. The number of likely N-dealkylation sites (tertiary alicyclic amines) is 1. The third kappa shape index (κ3) is 2.23. The number of nitriles is 1. The fourth-order valence-electron chi connectivity index (χ4n) is 3.26. The van der Waals surface area contributed by atoms with Crippen molar-refractivity contribution < 1.29 is 9.47 Å². The number of fused-ring (bicyclic) bond motifs is 1. The number of hydrogen-bond donors (Lipinski definition) is 0. The molecule has 4 heteroatoms. The van der Waals surface area contributed by atoms with Crippen molar-refractivity contribution in [2.45, 2.75) is 39.3 Å². The van der Waals surface area contributed by atoms with Gasteiger partial charge in [-0.1, -0.05) is 26.0 Å². The average molecular weight is 272 g/mol. The minimum absolute atomic E-state index is 0.0440. The third-order valence-corrected chi connectivity index (χ3v) is 4.35. The van der Waals surface area contributed by atoms with Gasteiger partial charge in [-0.05, 0) is 30.9 Å². The summed E-state index contributed by atoms with van der Waals surface area (Å²) in [6, 6.07) is 8.41. The van der Waals surface area contributed by atoms with Crippen molar-refractivity contribution in [2.75, 3.05) is 13.3 Å². The molecular weight excluding hydrogens is 252 g/mol. The van der Waals surface area contributed by atoms with E-state index in [0.717, 1.165) is 43.0 Å². The first-order valence-electron chi connectivity index (χ1n) is 7.13. The van der Waals surface area contributed by atoms with Crippen LogP contribution >= 0.6 is 0 Å². The monoisotopic (exact) mass is 272 g/mol. The van der Waals surface area contributed by atoms with Crippen molar-refractivity contribution in [3.05, 3.63) is 23.8 Å². The highest BCUT2D eigenvalue weighted by Gasteiger charge is 2.38. The van der Waals surface area contributed by atoms with E-state index in [1.165, 1.54) is 0 Å². The highest BCUT2D eigenvalue weighted by molar-refractivity contribution is 5.48. The highest BCUT2D eigenvalue weighted by atomic mass is 16.7. The third-order valence-electron chi connectivity index (χ3n) is 4.35. The van der Waals surface area contributed by atoms with Crippen molar-refractivity contribution in [1.82, 2.24) is 4.90 Å². The topological polar surface area (TPSA) is 45.5 Å². The van der Waals surface area contributed by atoms with Crippen LogP contribution in [0.5, 0.6) is 11.5 Å². The molecular formula is C16H20N2O2. The minimum atomic E-state index is -0.0468. The molecule has 1 aromatic rings. The van der Waals surface area contributed by atoms with E-state index in [4.69, 9.17) is 9.47 Å². The lowest BCUT2D eigenvalue weighted by atomic mass is 9.77. The van der Waals surface area contributed by atoms with Crippen molar-refractivity contribution in [3.63, 3.8) is 0 Å². The van der Waals surface area contributed by atoms with E-state index in [9.17, 15) is 5.26 Å². The van der Waals surface area contributed by atoms with E-state index in [-0.39, 0.29) is 11.5 Å². The lowest BCUT2D eigenvalue weighted by Crippen LogP contribution is -2.48. The zero-order valence-electron chi connectivity index (χ0n) is 12.1. The Morgan fingerprint density at radius 2 is 2.25 bits per heavy atom. The second-order valence-corrected chi connectivity index (χ2v) is 6.25. The van der Waals surface area contributed by atoms with Crippen molar-refractivity contribution in [1.29, 1.82) is 5.26 Å². The summed E-state index contributed by atoms with van der Waals surface area (Å²) >= 11 is 0. The van der Waals surface area contributed by atoms with Gasteiger partial charge in [0.2, 0.25) is 6.79 Å². The van der Waals surface area contributed by atoms with E-state index in [0.29, 0.717) is 6.79 Å². The Kier molecular flexibility index (Phi) is 3.31. The maximum atomic E-state index is 9.52. The van der Waals surface area contributed by atoms with Crippen LogP contribution in [0.3, 0.4) is 0 Å². The molecule has 0 saturated carbocycles. The first kappa shape index (κ1) is 13.3. The first-order chi connectivity index (χ1) is 9.62. The molecule has 20 heavy (non-hydrogen) atoms. The van der Waals surface area contributed by atoms with Crippen LogP contribution in [0.1, 0.15) is 32.3 Å². The lowest BCUT2D eigenvalue weighted by molar-refractivity contribution is 0.0653. The molecule has 4 nitrogen and oxygen atoms in total. The summed E-state index contributed by atoms with van der Waals surface area (Å²) in [4.78, 5) is 2.26. The smallest absolute Gasteiger partial charge is 0.231 e. The van der Waals surface area contributed by atoms with Crippen molar-refractivity contribution >= 4 is 0 Å². The summed E-state index contributed by atoms with van der Waals surface area (Å²) in [7, 11) is 0. The number of piperidine rings is 1. The predicted molar refractivity (Wildman–Crippen MR) is 75.4 cm³/mol. The Morgan fingerprint density at radius 3 is 3.05 bits per heavy atom.